The van der Waals surface area contributed by atoms with E-state index in [4.69, 9.17) is 4.98 Å². The molecule has 2 aromatic carbocycles. The molecule has 1 atom stereocenters. The van der Waals surface area contributed by atoms with Gasteiger partial charge in [-0.1, -0.05) is 66.0 Å². The molecule has 0 saturated carbocycles. The lowest BCUT2D eigenvalue weighted by atomic mass is 10.1. The number of hydrogen-bond donors (Lipinski definition) is 1. The van der Waals surface area contributed by atoms with Gasteiger partial charge >= 0.3 is 0 Å². The molecule has 9 heteroatoms. The number of para-hydroxylation sites is 1. The van der Waals surface area contributed by atoms with Crippen LogP contribution in [0.5, 0.6) is 0 Å². The van der Waals surface area contributed by atoms with Crippen LogP contribution >= 0.6 is 34.9 Å². The fraction of sp³-hybridized carbons (Fsp3) is 0.333. The number of hydrogen-bond acceptors (Lipinski definition) is 7. The van der Waals surface area contributed by atoms with Crippen molar-refractivity contribution >= 4 is 51.0 Å². The highest BCUT2D eigenvalue weighted by molar-refractivity contribution is 8.00. The molecule has 6 nitrogen and oxygen atoms in total. The number of thioether (sulfide) groups is 2. The zero-order chi connectivity index (χ0) is 23.4. The molecule has 0 bridgehead atoms. The molecule has 0 aliphatic rings. The number of aromatic nitrogens is 4. The molecule has 0 aliphatic heterocycles. The topological polar surface area (TPSA) is 72.7 Å². The first kappa shape index (κ1) is 23.8. The van der Waals surface area contributed by atoms with Gasteiger partial charge in [-0.25, -0.2) is 4.98 Å². The molecule has 4 aromatic rings. The molecule has 0 fully saturated rings. The molecule has 1 unspecified atom stereocenters. The molecule has 0 spiro atoms. The van der Waals surface area contributed by atoms with Crippen molar-refractivity contribution in [2.24, 2.45) is 0 Å². The molecule has 2 aromatic heterocycles. The van der Waals surface area contributed by atoms with Crippen LogP contribution in [0.4, 0.5) is 0 Å². The predicted molar refractivity (Wildman–Crippen MR) is 138 cm³/mol. The summed E-state index contributed by atoms with van der Waals surface area (Å²) in [7, 11) is 0. The molecular weight excluding hydrogens is 470 g/mol. The van der Waals surface area contributed by atoms with Crippen molar-refractivity contribution in [3.8, 4) is 0 Å². The number of nitrogens with zero attached hydrogens (tertiary/aromatic N) is 4. The fourth-order valence-corrected chi connectivity index (χ4v) is 6.03. The quantitative estimate of drug-likeness (QED) is 0.318. The number of carbonyl (C=O) groups excluding carboxylic acids is 1. The van der Waals surface area contributed by atoms with Crippen LogP contribution in [-0.4, -0.2) is 36.4 Å². The summed E-state index contributed by atoms with van der Waals surface area (Å²) in [5.74, 6) is 1.52. The predicted octanol–water partition coefficient (Wildman–Crippen LogP) is 5.62. The standard InChI is InChI=1S/C24H27N5OS3/c1-16(21(30)26-24(2,3)4)32-22-28-27-20(29(22)14-17-10-6-5-7-11-17)15-31-23-25-18-12-8-9-13-19(18)33-23/h5-13,16H,14-15H2,1-4H3,(H,26,30). The number of carbonyl (C=O) groups is 1. The van der Waals surface area contributed by atoms with Gasteiger partial charge in [0.25, 0.3) is 0 Å². The van der Waals surface area contributed by atoms with E-state index < -0.39 is 0 Å². The molecular formula is C24H27N5OS3. The number of amides is 1. The first-order valence-corrected chi connectivity index (χ1v) is 13.4. The Hall–Kier alpha value is -2.36. The minimum Gasteiger partial charge on any atom is -0.351 e. The monoisotopic (exact) mass is 497 g/mol. The first-order valence-electron chi connectivity index (χ1n) is 10.7. The molecule has 4 rings (SSSR count). The van der Waals surface area contributed by atoms with E-state index in [1.54, 1.807) is 23.1 Å². The third kappa shape index (κ3) is 6.37. The Morgan fingerprint density at radius 3 is 2.55 bits per heavy atom. The van der Waals surface area contributed by atoms with Crippen LogP contribution in [0.1, 0.15) is 39.1 Å². The van der Waals surface area contributed by atoms with Gasteiger partial charge in [-0.05, 0) is 45.4 Å². The van der Waals surface area contributed by atoms with Crippen LogP contribution < -0.4 is 5.32 Å². The van der Waals surface area contributed by atoms with Crippen LogP contribution in [0.15, 0.2) is 64.1 Å². The summed E-state index contributed by atoms with van der Waals surface area (Å²) in [6, 6.07) is 18.4. The summed E-state index contributed by atoms with van der Waals surface area (Å²) in [5, 5.41) is 12.4. The van der Waals surface area contributed by atoms with Gasteiger partial charge in [0.05, 0.1) is 27.8 Å². The Morgan fingerprint density at radius 1 is 1.09 bits per heavy atom. The van der Waals surface area contributed by atoms with Gasteiger partial charge in [0.2, 0.25) is 5.91 Å². The maximum atomic E-state index is 12.6. The fourth-order valence-electron chi connectivity index (χ4n) is 3.16. The van der Waals surface area contributed by atoms with E-state index in [1.165, 1.54) is 16.5 Å². The second-order valence-electron chi connectivity index (χ2n) is 8.71. The zero-order valence-electron chi connectivity index (χ0n) is 19.1. The number of benzene rings is 2. The van der Waals surface area contributed by atoms with Crippen molar-refractivity contribution in [3.63, 3.8) is 0 Å². The summed E-state index contributed by atoms with van der Waals surface area (Å²) in [6.07, 6.45) is 0. The maximum Gasteiger partial charge on any atom is 0.233 e. The smallest absolute Gasteiger partial charge is 0.233 e. The van der Waals surface area contributed by atoms with E-state index in [-0.39, 0.29) is 16.7 Å². The average Bonchev–Trinajstić information content (AvgIpc) is 3.35. The van der Waals surface area contributed by atoms with Gasteiger partial charge in [0.1, 0.15) is 5.82 Å². The summed E-state index contributed by atoms with van der Waals surface area (Å²) in [5.41, 5.74) is 1.91. The molecule has 1 N–H and O–H groups in total. The Labute approximate surface area is 206 Å². The minimum atomic E-state index is -0.285. The van der Waals surface area contributed by atoms with Crippen molar-refractivity contribution in [1.29, 1.82) is 0 Å². The van der Waals surface area contributed by atoms with Crippen LogP contribution in [-0.2, 0) is 17.1 Å². The van der Waals surface area contributed by atoms with E-state index in [2.05, 4.69) is 38.3 Å². The van der Waals surface area contributed by atoms with Crippen LogP contribution in [0, 0.1) is 0 Å². The second kappa shape index (κ2) is 10.3. The molecule has 0 aliphatic carbocycles. The molecule has 1 amide bonds. The lowest BCUT2D eigenvalue weighted by Gasteiger charge is -2.23. The van der Waals surface area contributed by atoms with Gasteiger partial charge in [-0.15, -0.1) is 21.5 Å². The third-order valence-corrected chi connectivity index (χ3v) is 7.98. The highest BCUT2D eigenvalue weighted by Gasteiger charge is 2.23. The molecule has 0 radical (unpaired) electrons. The van der Waals surface area contributed by atoms with Crippen LogP contribution in [0.3, 0.4) is 0 Å². The van der Waals surface area contributed by atoms with E-state index in [1.807, 2.05) is 64.1 Å². The lowest BCUT2D eigenvalue weighted by Crippen LogP contribution is -2.44. The first-order chi connectivity index (χ1) is 15.8. The maximum absolute atomic E-state index is 12.6. The lowest BCUT2D eigenvalue weighted by molar-refractivity contribution is -0.121. The Morgan fingerprint density at radius 2 is 1.82 bits per heavy atom. The van der Waals surface area contributed by atoms with E-state index in [9.17, 15) is 4.79 Å². The number of rotatable bonds is 8. The highest BCUT2D eigenvalue weighted by Crippen LogP contribution is 2.32. The summed E-state index contributed by atoms with van der Waals surface area (Å²) in [4.78, 5) is 17.4. The van der Waals surface area contributed by atoms with Gasteiger partial charge < -0.3 is 9.88 Å². The Balaban J connectivity index is 1.54. The minimum absolute atomic E-state index is 0.00726. The van der Waals surface area contributed by atoms with Gasteiger partial charge in [0, 0.05) is 5.54 Å². The number of thiazole rings is 1. The van der Waals surface area contributed by atoms with E-state index in [0.29, 0.717) is 12.3 Å². The normalized spacial score (nSPS) is 12.7. The highest BCUT2D eigenvalue weighted by atomic mass is 32.2. The third-order valence-electron chi connectivity index (χ3n) is 4.73. The largest absolute Gasteiger partial charge is 0.351 e. The molecule has 172 valence electrons. The number of fused-ring (bicyclic) bond motifs is 1. The van der Waals surface area contributed by atoms with Crippen molar-refractivity contribution in [3.05, 3.63) is 66.0 Å². The number of nitrogens with one attached hydrogen (secondary N) is 1. The van der Waals surface area contributed by atoms with Gasteiger partial charge in [0.15, 0.2) is 9.50 Å². The van der Waals surface area contributed by atoms with Crippen molar-refractivity contribution < 1.29 is 4.79 Å². The molecule has 0 saturated heterocycles. The van der Waals surface area contributed by atoms with E-state index >= 15 is 0 Å². The summed E-state index contributed by atoms with van der Waals surface area (Å²) in [6.45, 7) is 8.51. The Kier molecular flexibility index (Phi) is 7.41. The summed E-state index contributed by atoms with van der Waals surface area (Å²) >= 11 is 4.79. The van der Waals surface area contributed by atoms with Crippen molar-refractivity contribution in [2.75, 3.05) is 0 Å². The van der Waals surface area contributed by atoms with E-state index in [0.717, 1.165) is 26.4 Å². The molecule has 2 heterocycles. The zero-order valence-corrected chi connectivity index (χ0v) is 21.6. The van der Waals surface area contributed by atoms with Crippen molar-refractivity contribution in [2.45, 2.75) is 60.3 Å². The summed E-state index contributed by atoms with van der Waals surface area (Å²) < 4.78 is 4.31. The SMILES string of the molecule is CC(Sc1nnc(CSc2nc3ccccc3s2)n1Cc1ccccc1)C(=O)NC(C)(C)C. The second-order valence-corrected chi connectivity index (χ2v) is 12.3. The van der Waals surface area contributed by atoms with Crippen LogP contribution in [0.2, 0.25) is 0 Å². The average molecular weight is 498 g/mol. The van der Waals surface area contributed by atoms with Crippen LogP contribution in [0.25, 0.3) is 10.2 Å². The van der Waals surface area contributed by atoms with Gasteiger partial charge in [-0.2, -0.15) is 0 Å². The van der Waals surface area contributed by atoms with Crippen molar-refractivity contribution in [1.82, 2.24) is 25.1 Å². The molecule has 33 heavy (non-hydrogen) atoms. The van der Waals surface area contributed by atoms with Gasteiger partial charge in [-0.3, -0.25) is 4.79 Å². The Bertz CT molecular complexity index is 1200.